The second kappa shape index (κ2) is 5.52. The number of nitrogen functional groups attached to an aromatic ring is 1. The van der Waals surface area contributed by atoms with E-state index in [9.17, 15) is 39.5 Å². The van der Waals surface area contributed by atoms with Gasteiger partial charge in [0.1, 0.15) is 0 Å². The molecule has 0 atom stereocenters. The molecule has 138 valence electrons. The first-order valence-corrected chi connectivity index (χ1v) is 6.20. The second-order valence-corrected chi connectivity index (χ2v) is 4.86. The molecule has 0 amide bonds. The number of hydrogen-bond acceptors (Lipinski definition) is 3. The third kappa shape index (κ3) is 2.87. The maximum atomic E-state index is 13.7. The molecule has 0 aliphatic rings. The molecule has 0 spiro atoms. The van der Waals surface area contributed by atoms with Crippen molar-refractivity contribution in [2.45, 2.75) is 23.9 Å². The SMILES string of the molecule is Nc1ccc(-n2cc(C(F)(F)C(F)(F)C(F)(F)C(F)(F)F)nn2)cc1. The van der Waals surface area contributed by atoms with Gasteiger partial charge in [-0.1, -0.05) is 5.21 Å². The first-order valence-electron chi connectivity index (χ1n) is 6.20. The van der Waals surface area contributed by atoms with Gasteiger partial charge in [-0.3, -0.25) is 0 Å². The summed E-state index contributed by atoms with van der Waals surface area (Å²) >= 11 is 0. The molecule has 0 saturated heterocycles. The summed E-state index contributed by atoms with van der Waals surface area (Å²) in [5, 5.41) is 5.63. The van der Waals surface area contributed by atoms with Gasteiger partial charge in [-0.05, 0) is 24.3 Å². The highest BCUT2D eigenvalue weighted by molar-refractivity contribution is 5.44. The monoisotopic (exact) mass is 378 g/mol. The van der Waals surface area contributed by atoms with Crippen LogP contribution in [0.2, 0.25) is 0 Å². The fourth-order valence-electron chi connectivity index (χ4n) is 1.70. The van der Waals surface area contributed by atoms with Crippen molar-refractivity contribution in [2.75, 3.05) is 5.73 Å². The highest BCUT2D eigenvalue weighted by atomic mass is 19.4. The summed E-state index contributed by atoms with van der Waals surface area (Å²) < 4.78 is 116. The van der Waals surface area contributed by atoms with Crippen LogP contribution in [0.25, 0.3) is 5.69 Å². The molecule has 2 aromatic rings. The molecule has 0 radical (unpaired) electrons. The molecule has 2 rings (SSSR count). The summed E-state index contributed by atoms with van der Waals surface area (Å²) in [7, 11) is 0. The standard InChI is InChI=1S/C12H7F9N4/c13-9(14,10(15,16)11(17,18)12(19,20)21)8-5-25(24-23-8)7-3-1-6(22)2-4-7/h1-5H,22H2. The van der Waals surface area contributed by atoms with Crippen LogP contribution in [0.15, 0.2) is 30.5 Å². The van der Waals surface area contributed by atoms with E-state index in [1.165, 1.54) is 24.3 Å². The quantitative estimate of drug-likeness (QED) is 0.651. The maximum absolute atomic E-state index is 13.7. The highest BCUT2D eigenvalue weighted by Gasteiger charge is 2.82. The van der Waals surface area contributed by atoms with E-state index < -0.39 is 29.6 Å². The van der Waals surface area contributed by atoms with E-state index in [1.54, 1.807) is 0 Å². The fourth-order valence-corrected chi connectivity index (χ4v) is 1.70. The minimum Gasteiger partial charge on any atom is -0.399 e. The molecule has 2 N–H and O–H groups in total. The Balaban J connectivity index is 2.45. The highest BCUT2D eigenvalue weighted by Crippen LogP contribution is 2.56. The van der Waals surface area contributed by atoms with Crippen LogP contribution in [0.4, 0.5) is 45.2 Å². The minimum atomic E-state index is -6.99. The molecule has 1 aromatic carbocycles. The van der Waals surface area contributed by atoms with Gasteiger partial charge >= 0.3 is 23.9 Å². The summed E-state index contributed by atoms with van der Waals surface area (Å²) in [5.41, 5.74) is 3.55. The number of hydrogen-bond donors (Lipinski definition) is 1. The number of benzene rings is 1. The van der Waals surface area contributed by atoms with E-state index in [0.717, 1.165) is 0 Å². The number of alkyl halides is 9. The van der Waals surface area contributed by atoms with Gasteiger partial charge in [-0.25, -0.2) is 4.68 Å². The lowest BCUT2D eigenvalue weighted by atomic mass is 10.0. The zero-order valence-electron chi connectivity index (χ0n) is 11.7. The third-order valence-corrected chi connectivity index (χ3v) is 3.12. The third-order valence-electron chi connectivity index (χ3n) is 3.12. The zero-order chi connectivity index (χ0) is 19.3. The van der Waals surface area contributed by atoms with E-state index in [2.05, 4.69) is 10.3 Å². The van der Waals surface area contributed by atoms with Gasteiger partial charge in [0.05, 0.1) is 11.9 Å². The Morgan fingerprint density at radius 2 is 1.32 bits per heavy atom. The van der Waals surface area contributed by atoms with E-state index in [0.29, 0.717) is 4.68 Å². The predicted octanol–water partition coefficient (Wildman–Crippen LogP) is 3.77. The first-order chi connectivity index (χ1) is 11.2. The lowest BCUT2D eigenvalue weighted by Crippen LogP contribution is -2.59. The molecule has 1 aromatic heterocycles. The van der Waals surface area contributed by atoms with Crippen molar-refractivity contribution >= 4 is 5.69 Å². The van der Waals surface area contributed by atoms with Gasteiger partial charge in [0.25, 0.3) is 0 Å². The van der Waals surface area contributed by atoms with E-state index in [1.807, 2.05) is 0 Å². The molecule has 0 aliphatic heterocycles. The maximum Gasteiger partial charge on any atom is 0.460 e. The largest absolute Gasteiger partial charge is 0.460 e. The summed E-state index contributed by atoms with van der Waals surface area (Å²) in [5.74, 6) is -19.7. The number of anilines is 1. The Morgan fingerprint density at radius 1 is 0.800 bits per heavy atom. The van der Waals surface area contributed by atoms with Crippen LogP contribution >= 0.6 is 0 Å². The summed E-state index contributed by atoms with van der Waals surface area (Å²) in [6.45, 7) is 0. The number of rotatable bonds is 4. The van der Waals surface area contributed by atoms with Crippen molar-refractivity contribution in [3.63, 3.8) is 0 Å². The molecular formula is C12H7F9N4. The Kier molecular flexibility index (Phi) is 4.17. The lowest BCUT2D eigenvalue weighted by molar-refractivity contribution is -0.400. The van der Waals surface area contributed by atoms with Gasteiger partial charge in [-0.2, -0.15) is 39.5 Å². The lowest BCUT2D eigenvalue weighted by Gasteiger charge is -2.32. The predicted molar refractivity (Wildman–Crippen MR) is 65.6 cm³/mol. The zero-order valence-corrected chi connectivity index (χ0v) is 11.7. The Labute approximate surface area is 133 Å². The molecule has 0 bridgehead atoms. The van der Waals surface area contributed by atoms with Gasteiger partial charge in [0.2, 0.25) is 0 Å². The van der Waals surface area contributed by atoms with Crippen molar-refractivity contribution in [1.29, 1.82) is 0 Å². The van der Waals surface area contributed by atoms with Crippen LogP contribution in [0.5, 0.6) is 0 Å². The van der Waals surface area contributed by atoms with Crippen molar-refractivity contribution in [3.05, 3.63) is 36.2 Å². The van der Waals surface area contributed by atoms with Crippen LogP contribution in [-0.4, -0.2) is 33.0 Å². The Bertz CT molecular complexity index is 749. The summed E-state index contributed by atoms with van der Waals surface area (Å²) in [6, 6.07) is 4.96. The van der Waals surface area contributed by atoms with Crippen molar-refractivity contribution in [3.8, 4) is 5.69 Å². The first kappa shape index (κ1) is 18.9. The fraction of sp³-hybridized carbons (Fsp3) is 0.333. The van der Waals surface area contributed by atoms with Gasteiger partial charge in [0.15, 0.2) is 5.69 Å². The molecule has 0 saturated carbocycles. The van der Waals surface area contributed by atoms with Crippen molar-refractivity contribution < 1.29 is 39.5 Å². The molecule has 25 heavy (non-hydrogen) atoms. The molecule has 4 nitrogen and oxygen atoms in total. The van der Waals surface area contributed by atoms with Crippen molar-refractivity contribution in [1.82, 2.24) is 15.0 Å². The van der Waals surface area contributed by atoms with E-state index >= 15 is 0 Å². The molecule has 0 aliphatic carbocycles. The van der Waals surface area contributed by atoms with Crippen LogP contribution in [0.1, 0.15) is 5.69 Å². The van der Waals surface area contributed by atoms with Crippen molar-refractivity contribution in [2.24, 2.45) is 0 Å². The minimum absolute atomic E-state index is 0.0188. The van der Waals surface area contributed by atoms with Gasteiger partial charge in [-0.15, -0.1) is 5.10 Å². The Morgan fingerprint density at radius 3 is 1.80 bits per heavy atom. The normalized spacial score (nSPS) is 14.0. The molecule has 1 heterocycles. The molecule has 0 fully saturated rings. The summed E-state index contributed by atoms with van der Waals surface area (Å²) in [6.07, 6.45) is -6.78. The average Bonchev–Trinajstić information content (AvgIpc) is 2.97. The molecule has 0 unspecified atom stereocenters. The summed E-state index contributed by atoms with van der Waals surface area (Å²) in [4.78, 5) is 0. The van der Waals surface area contributed by atoms with Crippen LogP contribution in [0.3, 0.4) is 0 Å². The number of halogens is 9. The molecular weight excluding hydrogens is 371 g/mol. The smallest absolute Gasteiger partial charge is 0.399 e. The topological polar surface area (TPSA) is 56.7 Å². The van der Waals surface area contributed by atoms with Gasteiger partial charge in [0, 0.05) is 5.69 Å². The Hall–Kier alpha value is -2.47. The average molecular weight is 378 g/mol. The number of nitrogens with two attached hydrogens (primary N) is 1. The van der Waals surface area contributed by atoms with Crippen LogP contribution in [0, 0.1) is 0 Å². The van der Waals surface area contributed by atoms with E-state index in [-0.39, 0.29) is 17.6 Å². The number of nitrogens with zero attached hydrogens (tertiary/aromatic N) is 3. The van der Waals surface area contributed by atoms with Crippen LogP contribution < -0.4 is 5.73 Å². The van der Waals surface area contributed by atoms with E-state index in [4.69, 9.17) is 5.73 Å². The molecule has 13 heteroatoms. The number of aromatic nitrogens is 3. The van der Waals surface area contributed by atoms with Crippen LogP contribution in [-0.2, 0) is 5.92 Å². The van der Waals surface area contributed by atoms with Gasteiger partial charge < -0.3 is 5.73 Å². The second-order valence-electron chi connectivity index (χ2n) is 4.86.